The third-order valence-corrected chi connectivity index (χ3v) is 1.93. The zero-order valence-corrected chi connectivity index (χ0v) is 8.16. The number of H-pyrrole nitrogens is 1. The molecular weight excluding hydrogens is 180 g/mol. The van der Waals surface area contributed by atoms with Gasteiger partial charge in [-0.3, -0.25) is 0 Å². The number of anilines is 1. The third kappa shape index (κ3) is 1.54. The van der Waals surface area contributed by atoms with Crippen molar-refractivity contribution in [1.29, 1.82) is 0 Å². The lowest BCUT2D eigenvalue weighted by atomic mass is 10.4. The first-order valence-electron chi connectivity index (χ1n) is 4.36. The largest absolute Gasteiger partial charge is 0.377 e. The average Bonchev–Trinajstić information content (AvgIpc) is 2.59. The average molecular weight is 192 g/mol. The van der Waals surface area contributed by atoms with Gasteiger partial charge in [-0.1, -0.05) is 0 Å². The van der Waals surface area contributed by atoms with Crippen LogP contribution in [0.2, 0.25) is 0 Å². The summed E-state index contributed by atoms with van der Waals surface area (Å²) < 4.78 is 4.98. The van der Waals surface area contributed by atoms with Gasteiger partial charge in [0.15, 0.2) is 5.65 Å². The number of ether oxygens (including phenoxy) is 1. The number of nitrogens with zero attached hydrogens (tertiary/aromatic N) is 2. The maximum absolute atomic E-state index is 4.98. The summed E-state index contributed by atoms with van der Waals surface area (Å²) in [4.78, 5) is 11.7. The summed E-state index contributed by atoms with van der Waals surface area (Å²) in [6, 6.07) is 3.84. The SMILES string of the molecule is CNc1ccc2[nH]c(COC)nc2n1. The van der Waals surface area contributed by atoms with E-state index in [0.717, 1.165) is 17.2 Å². The Morgan fingerprint density at radius 2 is 2.29 bits per heavy atom. The molecule has 0 saturated carbocycles. The Hall–Kier alpha value is -1.62. The fraction of sp³-hybridized carbons (Fsp3) is 0.333. The first kappa shape index (κ1) is 8.96. The van der Waals surface area contributed by atoms with Crippen LogP contribution < -0.4 is 5.32 Å². The van der Waals surface area contributed by atoms with E-state index in [9.17, 15) is 0 Å². The summed E-state index contributed by atoms with van der Waals surface area (Å²) in [5.41, 5.74) is 1.64. The van der Waals surface area contributed by atoms with Crippen LogP contribution >= 0.6 is 0 Å². The summed E-state index contributed by atoms with van der Waals surface area (Å²) in [5, 5.41) is 2.96. The van der Waals surface area contributed by atoms with Crippen LogP contribution in [0.1, 0.15) is 5.82 Å². The molecule has 0 bridgehead atoms. The summed E-state index contributed by atoms with van der Waals surface area (Å²) in [6.45, 7) is 0.477. The molecule has 0 amide bonds. The molecule has 14 heavy (non-hydrogen) atoms. The van der Waals surface area contributed by atoms with Gasteiger partial charge in [0.05, 0.1) is 5.52 Å². The van der Waals surface area contributed by atoms with Crippen molar-refractivity contribution >= 4 is 17.0 Å². The number of rotatable bonds is 3. The first-order valence-corrected chi connectivity index (χ1v) is 4.36. The number of hydrogen-bond acceptors (Lipinski definition) is 4. The van der Waals surface area contributed by atoms with E-state index in [1.165, 1.54) is 0 Å². The van der Waals surface area contributed by atoms with Crippen molar-refractivity contribution in [1.82, 2.24) is 15.0 Å². The van der Waals surface area contributed by atoms with Gasteiger partial charge in [0.2, 0.25) is 0 Å². The van der Waals surface area contributed by atoms with Crippen molar-refractivity contribution in [3.8, 4) is 0 Å². The Kier molecular flexibility index (Phi) is 2.32. The number of hydrogen-bond donors (Lipinski definition) is 2. The standard InChI is InChI=1S/C9H12N4O/c1-10-7-4-3-6-9(12-7)13-8(11-6)5-14-2/h3-4H,5H2,1-2H3,(H2,10,11,12,13). The molecule has 0 radical (unpaired) electrons. The van der Waals surface area contributed by atoms with Crippen molar-refractivity contribution in [3.05, 3.63) is 18.0 Å². The molecule has 0 aliphatic heterocycles. The number of methoxy groups -OCH3 is 1. The molecule has 74 valence electrons. The molecule has 0 aromatic carbocycles. The van der Waals surface area contributed by atoms with Crippen LogP contribution in [0.4, 0.5) is 5.82 Å². The minimum Gasteiger partial charge on any atom is -0.377 e. The second-order valence-corrected chi connectivity index (χ2v) is 2.93. The lowest BCUT2D eigenvalue weighted by molar-refractivity contribution is 0.179. The fourth-order valence-corrected chi connectivity index (χ4v) is 1.29. The van der Waals surface area contributed by atoms with Crippen molar-refractivity contribution in [3.63, 3.8) is 0 Å². The number of pyridine rings is 1. The van der Waals surface area contributed by atoms with Crippen molar-refractivity contribution in [2.45, 2.75) is 6.61 Å². The molecule has 2 aromatic rings. The summed E-state index contributed by atoms with van der Waals surface area (Å²) in [6.07, 6.45) is 0. The Morgan fingerprint density at radius 1 is 1.43 bits per heavy atom. The molecule has 2 aromatic heterocycles. The molecule has 0 spiro atoms. The van der Waals surface area contributed by atoms with E-state index in [1.54, 1.807) is 7.11 Å². The predicted molar refractivity (Wildman–Crippen MR) is 54.1 cm³/mol. The van der Waals surface area contributed by atoms with Crippen LogP contribution in [0.5, 0.6) is 0 Å². The predicted octanol–water partition coefficient (Wildman–Crippen LogP) is 1.15. The van der Waals surface area contributed by atoms with Crippen LogP contribution in [0, 0.1) is 0 Å². The molecule has 0 aliphatic carbocycles. The Labute approximate surface area is 81.5 Å². The van der Waals surface area contributed by atoms with Gasteiger partial charge in [-0.2, -0.15) is 0 Å². The minimum absolute atomic E-state index is 0.477. The van der Waals surface area contributed by atoms with Crippen LogP contribution in [-0.2, 0) is 11.3 Å². The van der Waals surface area contributed by atoms with Gasteiger partial charge in [-0.15, -0.1) is 0 Å². The normalized spacial score (nSPS) is 10.7. The molecule has 2 N–H and O–H groups in total. The molecular formula is C9H12N4O. The maximum atomic E-state index is 4.98. The molecule has 0 aliphatic rings. The van der Waals surface area contributed by atoms with E-state index in [1.807, 2.05) is 19.2 Å². The van der Waals surface area contributed by atoms with Crippen LogP contribution in [0.25, 0.3) is 11.2 Å². The van der Waals surface area contributed by atoms with Crippen molar-refractivity contribution in [2.24, 2.45) is 0 Å². The molecule has 2 heterocycles. The number of nitrogens with one attached hydrogen (secondary N) is 2. The summed E-state index contributed by atoms with van der Waals surface area (Å²) in [5.74, 6) is 1.61. The second-order valence-electron chi connectivity index (χ2n) is 2.93. The topological polar surface area (TPSA) is 62.8 Å². The van der Waals surface area contributed by atoms with E-state index >= 15 is 0 Å². The molecule has 5 nitrogen and oxygen atoms in total. The Bertz CT molecular complexity index is 437. The lowest BCUT2D eigenvalue weighted by Crippen LogP contribution is -1.91. The first-order chi connectivity index (χ1) is 6.83. The maximum Gasteiger partial charge on any atom is 0.179 e. The number of aromatic amines is 1. The molecule has 0 fully saturated rings. The van der Waals surface area contributed by atoms with Gasteiger partial charge < -0.3 is 15.0 Å². The van der Waals surface area contributed by atoms with E-state index < -0.39 is 0 Å². The summed E-state index contributed by atoms with van der Waals surface area (Å²) >= 11 is 0. The molecule has 2 rings (SSSR count). The van der Waals surface area contributed by atoms with Crippen LogP contribution in [0.3, 0.4) is 0 Å². The van der Waals surface area contributed by atoms with Gasteiger partial charge >= 0.3 is 0 Å². The zero-order chi connectivity index (χ0) is 9.97. The monoisotopic (exact) mass is 192 g/mol. The Balaban J connectivity index is 2.43. The number of aromatic nitrogens is 3. The van der Waals surface area contributed by atoms with E-state index in [4.69, 9.17) is 4.74 Å². The highest BCUT2D eigenvalue weighted by molar-refractivity contribution is 5.72. The van der Waals surface area contributed by atoms with Gasteiger partial charge in [-0.25, -0.2) is 9.97 Å². The highest BCUT2D eigenvalue weighted by Gasteiger charge is 2.03. The molecule has 0 unspecified atom stereocenters. The number of fused-ring (bicyclic) bond motifs is 1. The zero-order valence-electron chi connectivity index (χ0n) is 8.16. The molecule has 0 atom stereocenters. The fourth-order valence-electron chi connectivity index (χ4n) is 1.29. The Morgan fingerprint density at radius 3 is 3.00 bits per heavy atom. The van der Waals surface area contributed by atoms with Gasteiger partial charge in [0, 0.05) is 14.2 Å². The van der Waals surface area contributed by atoms with Crippen LogP contribution in [0.15, 0.2) is 12.1 Å². The van der Waals surface area contributed by atoms with Gasteiger partial charge in [-0.05, 0) is 12.1 Å². The molecule has 5 heteroatoms. The number of imidazole rings is 1. The van der Waals surface area contributed by atoms with Crippen molar-refractivity contribution < 1.29 is 4.74 Å². The minimum atomic E-state index is 0.477. The lowest BCUT2D eigenvalue weighted by Gasteiger charge is -1.95. The highest BCUT2D eigenvalue weighted by Crippen LogP contribution is 2.12. The van der Waals surface area contributed by atoms with E-state index in [2.05, 4.69) is 20.3 Å². The van der Waals surface area contributed by atoms with Crippen molar-refractivity contribution in [2.75, 3.05) is 19.5 Å². The van der Waals surface area contributed by atoms with E-state index in [0.29, 0.717) is 12.3 Å². The van der Waals surface area contributed by atoms with Crippen LogP contribution in [-0.4, -0.2) is 29.1 Å². The summed E-state index contributed by atoms with van der Waals surface area (Å²) in [7, 11) is 3.47. The van der Waals surface area contributed by atoms with Gasteiger partial charge in [0.25, 0.3) is 0 Å². The van der Waals surface area contributed by atoms with Gasteiger partial charge in [0.1, 0.15) is 18.2 Å². The third-order valence-electron chi connectivity index (χ3n) is 1.93. The smallest absolute Gasteiger partial charge is 0.179 e. The molecule has 0 saturated heterocycles. The highest BCUT2D eigenvalue weighted by atomic mass is 16.5. The second kappa shape index (κ2) is 3.63. The van der Waals surface area contributed by atoms with E-state index in [-0.39, 0.29) is 0 Å². The quantitative estimate of drug-likeness (QED) is 0.765.